The van der Waals surface area contributed by atoms with Gasteiger partial charge in [-0.25, -0.2) is 4.79 Å². The molecular weight excluding hydrogens is 624 g/mol. The summed E-state index contributed by atoms with van der Waals surface area (Å²) in [6.45, 7) is 20.6. The minimum atomic E-state index is -4.44. The summed E-state index contributed by atoms with van der Waals surface area (Å²) < 4.78 is 67.4. The Labute approximate surface area is 277 Å². The molecule has 0 fully saturated rings. The Hall–Kier alpha value is -3.65. The summed E-state index contributed by atoms with van der Waals surface area (Å²) in [5.74, 6) is -1.09. The Morgan fingerprint density at radius 2 is 1.60 bits per heavy atom. The zero-order chi connectivity index (χ0) is 37.8. The number of allylic oxidation sites excluding steroid dienone is 6. The van der Waals surface area contributed by atoms with Crippen molar-refractivity contribution in [3.63, 3.8) is 0 Å². The van der Waals surface area contributed by atoms with Crippen molar-refractivity contribution in [3.05, 3.63) is 107 Å². The van der Waals surface area contributed by atoms with Gasteiger partial charge in [0.25, 0.3) is 0 Å². The van der Waals surface area contributed by atoms with Crippen LogP contribution in [0.1, 0.15) is 71.6 Å². The molecule has 0 aliphatic carbocycles. The molecule has 9 N–H and O–H groups in total. The second kappa shape index (κ2) is 29.7. The predicted molar refractivity (Wildman–Crippen MR) is 183 cm³/mol. The Balaban J connectivity index is -0.000000274. The largest absolute Gasteiger partial charge is 0.478 e. The number of carboxylic acid groups (broad SMARTS) is 1. The molecule has 47 heavy (non-hydrogen) atoms. The number of aliphatic carboxylic acids is 1. The van der Waals surface area contributed by atoms with Crippen LogP contribution in [0.15, 0.2) is 90.4 Å². The molecule has 1 unspecified atom stereocenters. The molecule has 1 aliphatic rings. The molecule has 1 heterocycles. The summed E-state index contributed by atoms with van der Waals surface area (Å²) >= 11 is 0. The lowest BCUT2D eigenvalue weighted by atomic mass is 10.0. The summed E-state index contributed by atoms with van der Waals surface area (Å²) in [6, 6.07) is 6.23. The van der Waals surface area contributed by atoms with Crippen LogP contribution in [0, 0.1) is 6.92 Å². The van der Waals surface area contributed by atoms with E-state index in [4.69, 9.17) is 22.3 Å². The lowest BCUT2D eigenvalue weighted by Gasteiger charge is -2.13. The standard InChI is InChI=1S/C13H19F3N2.C9H11N.C7H12N2O2.2C2H6.CHF3/c1-5-9(3)18-8-12(13(14,15)16)7-11(6-2)10(4)17;1-7-2-3-8-5-10-6-9(8)4-7;1-2-3-4-5(6(8)9)7(10)11;2*1-2;2-1(3)4/h5,7-8,10,18H,1,3,6,17H2,2,4H3;2-4,10H,5-6H2,1H3;2-4,6H,8-9H2,1H3,(H,10,11);2*1-2H3;1H/b11-7-,12-8+;;3-2-,5-4+;;;. The maximum Gasteiger partial charge on any atom is 0.417 e. The number of aryl methyl sites for hydroxylation is 1. The first-order valence-corrected chi connectivity index (χ1v) is 15.0. The smallest absolute Gasteiger partial charge is 0.417 e. The van der Waals surface area contributed by atoms with Gasteiger partial charge in [-0.05, 0) is 56.5 Å². The number of rotatable bonds is 9. The van der Waals surface area contributed by atoms with E-state index in [1.54, 1.807) is 32.9 Å². The van der Waals surface area contributed by atoms with Gasteiger partial charge >= 0.3 is 18.8 Å². The molecule has 1 aromatic carbocycles. The van der Waals surface area contributed by atoms with Crippen molar-refractivity contribution >= 4 is 5.97 Å². The van der Waals surface area contributed by atoms with E-state index >= 15 is 0 Å². The third-order valence-corrected chi connectivity index (χ3v) is 5.39. The Morgan fingerprint density at radius 1 is 1.09 bits per heavy atom. The van der Waals surface area contributed by atoms with Crippen LogP contribution in [-0.2, 0) is 17.9 Å². The van der Waals surface area contributed by atoms with Crippen LogP contribution in [-0.4, -0.2) is 36.1 Å². The third-order valence-electron chi connectivity index (χ3n) is 5.39. The van der Waals surface area contributed by atoms with E-state index in [0.717, 1.165) is 25.4 Å². The predicted octanol–water partition coefficient (Wildman–Crippen LogP) is 8.05. The van der Waals surface area contributed by atoms with Gasteiger partial charge in [0.1, 0.15) is 0 Å². The first-order chi connectivity index (χ1) is 21.9. The summed E-state index contributed by atoms with van der Waals surface area (Å²) in [4.78, 5) is 10.4. The van der Waals surface area contributed by atoms with Crippen LogP contribution in [0.5, 0.6) is 0 Å². The number of halogens is 6. The summed E-state index contributed by atoms with van der Waals surface area (Å²) in [5.41, 5.74) is 20.3. The van der Waals surface area contributed by atoms with Crippen LogP contribution in [0.2, 0.25) is 0 Å². The van der Waals surface area contributed by atoms with Crippen LogP contribution in [0.25, 0.3) is 0 Å². The number of hydrogen-bond donors (Lipinski definition) is 6. The van der Waals surface area contributed by atoms with Gasteiger partial charge < -0.3 is 32.9 Å². The summed E-state index contributed by atoms with van der Waals surface area (Å²) in [5, 5.41) is 14.3. The molecule has 0 radical (unpaired) electrons. The zero-order valence-corrected chi connectivity index (χ0v) is 28.8. The zero-order valence-electron chi connectivity index (χ0n) is 28.8. The van der Waals surface area contributed by atoms with E-state index < -0.39 is 36.6 Å². The van der Waals surface area contributed by atoms with Gasteiger partial charge in [-0.1, -0.05) is 89.3 Å². The molecule has 2 rings (SSSR count). The van der Waals surface area contributed by atoms with Gasteiger partial charge in [0, 0.05) is 31.0 Å². The first kappa shape index (κ1) is 50.2. The highest BCUT2D eigenvalue weighted by Gasteiger charge is 2.32. The monoisotopic (exact) mass is 679 g/mol. The van der Waals surface area contributed by atoms with Crippen molar-refractivity contribution in [1.29, 1.82) is 0 Å². The number of alkyl halides is 6. The van der Waals surface area contributed by atoms with Crippen LogP contribution in [0.4, 0.5) is 26.3 Å². The Bertz CT molecular complexity index is 1140. The van der Waals surface area contributed by atoms with E-state index in [9.17, 15) is 31.1 Å². The molecule has 7 nitrogen and oxygen atoms in total. The molecule has 1 atom stereocenters. The molecule has 0 bridgehead atoms. The van der Waals surface area contributed by atoms with E-state index in [-0.39, 0.29) is 5.57 Å². The van der Waals surface area contributed by atoms with Crippen molar-refractivity contribution in [2.24, 2.45) is 17.2 Å². The average Bonchev–Trinajstić information content (AvgIpc) is 3.46. The van der Waals surface area contributed by atoms with Gasteiger partial charge in [0.05, 0.1) is 17.3 Å². The second-order valence-electron chi connectivity index (χ2n) is 8.93. The quantitative estimate of drug-likeness (QED) is 0.0672. The molecule has 0 saturated carbocycles. The van der Waals surface area contributed by atoms with Crippen LogP contribution < -0.4 is 27.8 Å². The molecule has 0 saturated heterocycles. The number of nitrogens with two attached hydrogens (primary N) is 3. The normalized spacial score (nSPS) is 13.1. The van der Waals surface area contributed by atoms with E-state index in [0.29, 0.717) is 17.7 Å². The number of nitrogens with one attached hydrogen (secondary N) is 2. The maximum atomic E-state index is 12.8. The lowest BCUT2D eigenvalue weighted by molar-refractivity contribution is -0.132. The number of carbonyl (C=O) groups is 1. The summed E-state index contributed by atoms with van der Waals surface area (Å²) in [6.07, 6.45) is 3.02. The van der Waals surface area contributed by atoms with Crippen molar-refractivity contribution in [1.82, 2.24) is 10.6 Å². The molecule has 13 heteroatoms. The number of benzene rings is 1. The third kappa shape index (κ3) is 27.2. The van der Waals surface area contributed by atoms with Gasteiger partial charge in [0.2, 0.25) is 0 Å². The molecular formula is C34H55F6N5O2. The Kier molecular flexibility index (Phi) is 31.8. The second-order valence-corrected chi connectivity index (χ2v) is 8.93. The highest BCUT2D eigenvalue weighted by molar-refractivity contribution is 5.88. The average molecular weight is 680 g/mol. The topological polar surface area (TPSA) is 139 Å². The van der Waals surface area contributed by atoms with Crippen molar-refractivity contribution < 1.29 is 36.2 Å². The van der Waals surface area contributed by atoms with Gasteiger partial charge in [-0.15, -0.1) is 0 Å². The first-order valence-electron chi connectivity index (χ1n) is 15.0. The number of carboxylic acids is 1. The van der Waals surface area contributed by atoms with Gasteiger partial charge in [0.15, 0.2) is 0 Å². The molecule has 1 aromatic rings. The SMILES string of the molecule is C/C=C\C=C(\C(=O)O)C(N)N.C=CC(=C)N/C=C(\C=C(\CC)C(C)N)C(F)(F)F.CC.CC.Cc1ccc2c(c1)CNC2.FC(F)F. The molecule has 1 aliphatic heterocycles. The van der Waals surface area contributed by atoms with E-state index in [1.807, 2.05) is 27.7 Å². The minimum absolute atomic E-state index is 0.00287. The van der Waals surface area contributed by atoms with E-state index in [1.165, 1.54) is 28.8 Å². The summed E-state index contributed by atoms with van der Waals surface area (Å²) in [7, 11) is 0. The molecule has 0 spiro atoms. The highest BCUT2D eigenvalue weighted by Crippen LogP contribution is 2.28. The highest BCUT2D eigenvalue weighted by atomic mass is 19.4. The fourth-order valence-corrected chi connectivity index (χ4v) is 3.14. The molecule has 270 valence electrons. The molecule has 0 amide bonds. The lowest BCUT2D eigenvalue weighted by Crippen LogP contribution is -2.35. The fourth-order valence-electron chi connectivity index (χ4n) is 3.14. The number of hydrogen-bond acceptors (Lipinski definition) is 6. The minimum Gasteiger partial charge on any atom is -0.478 e. The maximum absolute atomic E-state index is 12.8. The Morgan fingerprint density at radius 3 is 1.98 bits per heavy atom. The van der Waals surface area contributed by atoms with Gasteiger partial charge in [-0.3, -0.25) is 0 Å². The van der Waals surface area contributed by atoms with Crippen molar-refractivity contribution in [2.75, 3.05) is 0 Å². The van der Waals surface area contributed by atoms with Crippen molar-refractivity contribution in [3.8, 4) is 0 Å². The fraction of sp³-hybridized carbons (Fsp3) is 0.441. The molecule has 0 aromatic heterocycles. The van der Waals surface area contributed by atoms with E-state index in [2.05, 4.69) is 48.9 Å². The van der Waals surface area contributed by atoms with Crippen LogP contribution >= 0.6 is 0 Å². The van der Waals surface area contributed by atoms with Gasteiger partial charge in [-0.2, -0.15) is 26.3 Å². The van der Waals surface area contributed by atoms with Crippen molar-refractivity contribution in [2.45, 2.75) is 100.0 Å². The number of fused-ring (bicyclic) bond motifs is 1. The van der Waals surface area contributed by atoms with Crippen LogP contribution in [0.3, 0.4) is 0 Å².